The Morgan fingerprint density at radius 3 is 2.78 bits per heavy atom. The molecule has 3 aliphatic rings. The molecule has 5 rings (SSSR count). The SMILES string of the molecule is O=C1NC(CCCC(=O)N2CCC(n3c(=O)[nH]c4ncccc43)CC2)NC2CCCCC12. The lowest BCUT2D eigenvalue weighted by Crippen LogP contribution is -2.62. The molecule has 9 heteroatoms. The van der Waals surface area contributed by atoms with Crippen molar-refractivity contribution in [2.45, 2.75) is 76.0 Å². The minimum atomic E-state index is -0.134. The van der Waals surface area contributed by atoms with Crippen LogP contribution in [0.25, 0.3) is 11.2 Å². The summed E-state index contributed by atoms with van der Waals surface area (Å²) in [7, 11) is 0. The summed E-state index contributed by atoms with van der Waals surface area (Å²) in [6, 6.07) is 4.11. The highest BCUT2D eigenvalue weighted by molar-refractivity contribution is 5.80. The second-order valence-electron chi connectivity index (χ2n) is 9.40. The lowest BCUT2D eigenvalue weighted by molar-refractivity contribution is -0.132. The summed E-state index contributed by atoms with van der Waals surface area (Å²) in [5.74, 6) is 0.451. The first-order chi connectivity index (χ1) is 15.6. The van der Waals surface area contributed by atoms with E-state index in [0.29, 0.717) is 31.2 Å². The van der Waals surface area contributed by atoms with Crippen molar-refractivity contribution in [2.75, 3.05) is 13.1 Å². The maximum Gasteiger partial charge on any atom is 0.327 e. The van der Waals surface area contributed by atoms with Crippen molar-refractivity contribution >= 4 is 23.0 Å². The predicted molar refractivity (Wildman–Crippen MR) is 120 cm³/mol. The van der Waals surface area contributed by atoms with Crippen LogP contribution in [-0.4, -0.2) is 56.5 Å². The van der Waals surface area contributed by atoms with Crippen LogP contribution >= 0.6 is 0 Å². The molecule has 3 N–H and O–H groups in total. The number of H-pyrrole nitrogens is 1. The molecule has 9 nitrogen and oxygen atoms in total. The normalized spacial score (nSPS) is 26.7. The third-order valence-corrected chi connectivity index (χ3v) is 7.39. The van der Waals surface area contributed by atoms with E-state index in [4.69, 9.17) is 0 Å². The average molecular weight is 441 g/mol. The number of likely N-dealkylation sites (tertiary alicyclic amines) is 1. The monoisotopic (exact) mass is 440 g/mol. The number of amides is 2. The van der Waals surface area contributed by atoms with Gasteiger partial charge in [-0.05, 0) is 50.7 Å². The van der Waals surface area contributed by atoms with Crippen LogP contribution in [0, 0.1) is 5.92 Å². The van der Waals surface area contributed by atoms with Crippen LogP contribution in [0.4, 0.5) is 0 Å². The molecule has 2 amide bonds. The zero-order valence-corrected chi connectivity index (χ0v) is 18.4. The van der Waals surface area contributed by atoms with Gasteiger partial charge in [0, 0.05) is 37.8 Å². The van der Waals surface area contributed by atoms with Gasteiger partial charge < -0.3 is 10.2 Å². The number of aromatic amines is 1. The van der Waals surface area contributed by atoms with Gasteiger partial charge in [-0.1, -0.05) is 12.8 Å². The summed E-state index contributed by atoms with van der Waals surface area (Å²) < 4.78 is 1.79. The van der Waals surface area contributed by atoms with Crippen LogP contribution in [0.15, 0.2) is 23.1 Å². The third kappa shape index (κ3) is 4.18. The molecule has 3 unspecified atom stereocenters. The highest BCUT2D eigenvalue weighted by Crippen LogP contribution is 2.28. The molecule has 2 saturated heterocycles. The first kappa shape index (κ1) is 21.2. The Labute approximate surface area is 187 Å². The summed E-state index contributed by atoms with van der Waals surface area (Å²) in [4.78, 5) is 46.5. The number of nitrogens with one attached hydrogen (secondary N) is 3. The molecule has 1 aliphatic carbocycles. The van der Waals surface area contributed by atoms with Crippen LogP contribution in [0.1, 0.15) is 63.8 Å². The van der Waals surface area contributed by atoms with Gasteiger partial charge >= 0.3 is 5.69 Å². The number of piperidine rings is 1. The zero-order chi connectivity index (χ0) is 22.1. The number of hydrogen-bond donors (Lipinski definition) is 3. The second kappa shape index (κ2) is 9.05. The van der Waals surface area contributed by atoms with E-state index in [1.54, 1.807) is 10.8 Å². The van der Waals surface area contributed by atoms with Crippen molar-refractivity contribution in [1.82, 2.24) is 30.1 Å². The fourth-order valence-corrected chi connectivity index (χ4v) is 5.69. The van der Waals surface area contributed by atoms with Gasteiger partial charge in [-0.15, -0.1) is 0 Å². The molecule has 3 fully saturated rings. The molecule has 2 aromatic rings. The summed E-state index contributed by atoms with van der Waals surface area (Å²) >= 11 is 0. The number of hydrogen-bond acceptors (Lipinski definition) is 5. The van der Waals surface area contributed by atoms with E-state index in [0.717, 1.165) is 50.5 Å². The number of carbonyl (C=O) groups excluding carboxylic acids is 2. The maximum absolute atomic E-state index is 12.7. The van der Waals surface area contributed by atoms with Crippen LogP contribution < -0.4 is 16.3 Å². The fraction of sp³-hybridized carbons (Fsp3) is 0.652. The molecule has 0 spiro atoms. The number of aromatic nitrogens is 3. The number of nitrogens with zero attached hydrogens (tertiary/aromatic N) is 3. The van der Waals surface area contributed by atoms with Gasteiger partial charge in [0.1, 0.15) is 0 Å². The molecule has 2 aliphatic heterocycles. The summed E-state index contributed by atoms with van der Waals surface area (Å²) in [6.07, 6.45) is 9.55. The molecular formula is C23H32N6O3. The van der Waals surface area contributed by atoms with E-state index in [-0.39, 0.29) is 35.6 Å². The Morgan fingerprint density at radius 1 is 1.12 bits per heavy atom. The Bertz CT molecular complexity index is 1040. The van der Waals surface area contributed by atoms with Gasteiger partial charge in [0.2, 0.25) is 11.8 Å². The molecule has 172 valence electrons. The Morgan fingerprint density at radius 2 is 1.94 bits per heavy atom. The van der Waals surface area contributed by atoms with Gasteiger partial charge in [0.15, 0.2) is 5.65 Å². The van der Waals surface area contributed by atoms with E-state index in [1.165, 1.54) is 6.42 Å². The van der Waals surface area contributed by atoms with Crippen molar-refractivity contribution in [3.63, 3.8) is 0 Å². The largest absolute Gasteiger partial charge is 0.343 e. The molecule has 4 heterocycles. The first-order valence-electron chi connectivity index (χ1n) is 12.0. The van der Waals surface area contributed by atoms with Gasteiger partial charge in [0.05, 0.1) is 17.6 Å². The minimum Gasteiger partial charge on any atom is -0.343 e. The molecule has 32 heavy (non-hydrogen) atoms. The van der Waals surface area contributed by atoms with E-state index in [2.05, 4.69) is 20.6 Å². The summed E-state index contributed by atoms with van der Waals surface area (Å²) in [6.45, 7) is 1.32. The van der Waals surface area contributed by atoms with E-state index < -0.39 is 0 Å². The highest BCUT2D eigenvalue weighted by Gasteiger charge is 2.37. The average Bonchev–Trinajstić information content (AvgIpc) is 3.15. The van der Waals surface area contributed by atoms with Crippen molar-refractivity contribution in [3.8, 4) is 0 Å². The van der Waals surface area contributed by atoms with Gasteiger partial charge in [-0.2, -0.15) is 0 Å². The summed E-state index contributed by atoms with van der Waals surface area (Å²) in [5, 5.41) is 6.68. The smallest absolute Gasteiger partial charge is 0.327 e. The Hall–Kier alpha value is -2.68. The number of rotatable bonds is 5. The van der Waals surface area contributed by atoms with Crippen molar-refractivity contribution in [2.24, 2.45) is 5.92 Å². The van der Waals surface area contributed by atoms with Gasteiger partial charge in [-0.3, -0.25) is 24.5 Å². The van der Waals surface area contributed by atoms with Crippen LogP contribution in [0.5, 0.6) is 0 Å². The quantitative estimate of drug-likeness (QED) is 0.655. The molecule has 2 aromatic heterocycles. The van der Waals surface area contributed by atoms with Crippen molar-refractivity contribution < 1.29 is 9.59 Å². The molecule has 0 radical (unpaired) electrons. The lowest BCUT2D eigenvalue weighted by atomic mass is 9.82. The van der Waals surface area contributed by atoms with Crippen LogP contribution in [0.3, 0.4) is 0 Å². The standard InChI is InChI=1S/C23H32N6O3/c30-20(9-3-8-19-25-17-6-2-1-5-16(17)22(31)26-19)28-13-10-15(11-14-28)29-18-7-4-12-24-21(18)27-23(29)32/h4,7,12,15-17,19,25H,1-3,5-6,8-11,13-14H2,(H,26,31)(H,24,27,32). The molecular weight excluding hydrogens is 408 g/mol. The highest BCUT2D eigenvalue weighted by atomic mass is 16.2. The second-order valence-corrected chi connectivity index (χ2v) is 9.40. The van der Waals surface area contributed by atoms with Crippen molar-refractivity contribution in [3.05, 3.63) is 28.8 Å². The Balaban J connectivity index is 1.09. The van der Waals surface area contributed by atoms with Gasteiger partial charge in [0.25, 0.3) is 0 Å². The van der Waals surface area contributed by atoms with E-state index in [9.17, 15) is 14.4 Å². The number of pyridine rings is 1. The van der Waals surface area contributed by atoms with E-state index >= 15 is 0 Å². The van der Waals surface area contributed by atoms with Crippen LogP contribution in [0.2, 0.25) is 0 Å². The lowest BCUT2D eigenvalue weighted by Gasteiger charge is -2.40. The minimum absolute atomic E-state index is 0.0252. The van der Waals surface area contributed by atoms with Gasteiger partial charge in [-0.25, -0.2) is 9.78 Å². The van der Waals surface area contributed by atoms with Crippen molar-refractivity contribution in [1.29, 1.82) is 0 Å². The fourth-order valence-electron chi connectivity index (χ4n) is 5.69. The molecule has 0 aromatic carbocycles. The Kier molecular flexibility index (Phi) is 5.99. The predicted octanol–water partition coefficient (Wildman–Crippen LogP) is 1.66. The van der Waals surface area contributed by atoms with E-state index in [1.807, 2.05) is 17.0 Å². The topological polar surface area (TPSA) is 112 Å². The molecule has 1 saturated carbocycles. The molecule has 0 bridgehead atoms. The number of imidazole rings is 1. The first-order valence-corrected chi connectivity index (χ1v) is 12.0. The van der Waals surface area contributed by atoms with Crippen LogP contribution in [-0.2, 0) is 9.59 Å². The number of fused-ring (bicyclic) bond motifs is 2. The number of carbonyl (C=O) groups is 2. The third-order valence-electron chi connectivity index (χ3n) is 7.39. The summed E-state index contributed by atoms with van der Waals surface area (Å²) in [5.41, 5.74) is 1.30. The zero-order valence-electron chi connectivity index (χ0n) is 18.4. The maximum atomic E-state index is 12.7. The molecule has 3 atom stereocenters.